The summed E-state index contributed by atoms with van der Waals surface area (Å²) >= 11 is 1.65. The Morgan fingerprint density at radius 1 is 1.24 bits per heavy atom. The van der Waals surface area contributed by atoms with Gasteiger partial charge in [-0.15, -0.1) is 21.5 Å². The Bertz CT molecular complexity index is 707. The maximum Gasteiger partial charge on any atom is 0.247 e. The maximum atomic E-state index is 5.66. The molecule has 5 nitrogen and oxygen atoms in total. The number of rotatable bonds is 5. The van der Waals surface area contributed by atoms with Gasteiger partial charge in [0, 0.05) is 16.6 Å². The lowest BCUT2D eigenvalue weighted by atomic mass is 10.2. The number of nitrogens with one attached hydrogen (secondary N) is 1. The summed E-state index contributed by atoms with van der Waals surface area (Å²) < 4.78 is 5.66. The predicted octanol–water partition coefficient (Wildman–Crippen LogP) is 3.35. The monoisotopic (exact) mass is 300 g/mol. The zero-order valence-electron chi connectivity index (χ0n) is 11.9. The summed E-state index contributed by atoms with van der Waals surface area (Å²) in [6.45, 7) is 4.60. The first-order valence-corrected chi connectivity index (χ1v) is 7.63. The van der Waals surface area contributed by atoms with Crippen LogP contribution in [0.25, 0.3) is 11.5 Å². The minimum absolute atomic E-state index is 0.163. The molecule has 2 aromatic heterocycles. The van der Waals surface area contributed by atoms with E-state index in [1.165, 1.54) is 0 Å². The van der Waals surface area contributed by atoms with Crippen molar-refractivity contribution in [3.05, 3.63) is 52.3 Å². The molecule has 0 aliphatic rings. The molecule has 0 spiro atoms. The Morgan fingerprint density at radius 2 is 2.05 bits per heavy atom. The maximum absolute atomic E-state index is 5.66. The fourth-order valence-electron chi connectivity index (χ4n) is 1.92. The number of nitrogens with zero attached hydrogens (tertiary/aromatic N) is 3. The molecular weight excluding hydrogens is 284 g/mol. The summed E-state index contributed by atoms with van der Waals surface area (Å²) in [5.41, 5.74) is 1.98. The Hall–Kier alpha value is -2.05. The fourth-order valence-corrected chi connectivity index (χ4v) is 2.75. The number of benzene rings is 1. The molecule has 0 aliphatic carbocycles. The van der Waals surface area contributed by atoms with Gasteiger partial charge in [-0.05, 0) is 26.0 Å². The van der Waals surface area contributed by atoms with Crippen LogP contribution in [0.2, 0.25) is 0 Å². The van der Waals surface area contributed by atoms with Gasteiger partial charge in [0.25, 0.3) is 0 Å². The molecule has 1 N–H and O–H groups in total. The van der Waals surface area contributed by atoms with Crippen LogP contribution in [0.15, 0.2) is 40.1 Å². The summed E-state index contributed by atoms with van der Waals surface area (Å²) in [5.74, 6) is 1.12. The van der Waals surface area contributed by atoms with E-state index in [1.807, 2.05) is 42.6 Å². The number of hydrogen-bond acceptors (Lipinski definition) is 6. The Morgan fingerprint density at radius 3 is 2.76 bits per heavy atom. The molecule has 1 aromatic carbocycles. The van der Waals surface area contributed by atoms with E-state index >= 15 is 0 Å². The topological polar surface area (TPSA) is 63.8 Å². The van der Waals surface area contributed by atoms with Gasteiger partial charge in [0.2, 0.25) is 11.8 Å². The van der Waals surface area contributed by atoms with E-state index in [1.54, 1.807) is 11.3 Å². The Kier molecular flexibility index (Phi) is 4.08. The second-order valence-corrected chi connectivity index (χ2v) is 5.69. The first-order chi connectivity index (χ1) is 10.2. The van der Waals surface area contributed by atoms with E-state index < -0.39 is 0 Å². The summed E-state index contributed by atoms with van der Waals surface area (Å²) in [5, 5.41) is 14.6. The number of aromatic nitrogens is 3. The number of thiazole rings is 1. The molecule has 0 amide bonds. The van der Waals surface area contributed by atoms with Gasteiger partial charge in [0.15, 0.2) is 0 Å². The van der Waals surface area contributed by atoms with Crippen molar-refractivity contribution < 1.29 is 4.42 Å². The largest absolute Gasteiger partial charge is 0.419 e. The lowest BCUT2D eigenvalue weighted by Gasteiger charge is -2.08. The van der Waals surface area contributed by atoms with Crippen LogP contribution in [0.1, 0.15) is 29.6 Å². The summed E-state index contributed by atoms with van der Waals surface area (Å²) in [4.78, 5) is 4.47. The molecule has 0 fully saturated rings. The van der Waals surface area contributed by atoms with E-state index in [0.29, 0.717) is 18.3 Å². The molecular formula is C15H16N4OS. The second kappa shape index (κ2) is 6.15. The second-order valence-electron chi connectivity index (χ2n) is 4.80. The molecule has 0 saturated heterocycles. The van der Waals surface area contributed by atoms with Crippen LogP contribution >= 0.6 is 11.3 Å². The lowest BCUT2D eigenvalue weighted by Crippen LogP contribution is -2.18. The Labute approximate surface area is 127 Å². The van der Waals surface area contributed by atoms with Crippen LogP contribution in [-0.4, -0.2) is 15.2 Å². The molecule has 0 saturated carbocycles. The van der Waals surface area contributed by atoms with E-state index in [2.05, 4.69) is 27.4 Å². The summed E-state index contributed by atoms with van der Waals surface area (Å²) in [7, 11) is 0. The van der Waals surface area contributed by atoms with Gasteiger partial charge in [0.05, 0.1) is 12.6 Å². The highest BCUT2D eigenvalue weighted by Crippen LogP contribution is 2.19. The highest BCUT2D eigenvalue weighted by Gasteiger charge is 2.12. The average molecular weight is 300 g/mol. The smallest absolute Gasteiger partial charge is 0.247 e. The van der Waals surface area contributed by atoms with Crippen molar-refractivity contribution in [2.45, 2.75) is 26.4 Å². The van der Waals surface area contributed by atoms with Gasteiger partial charge in [-0.25, -0.2) is 4.98 Å². The molecule has 3 rings (SSSR count). The van der Waals surface area contributed by atoms with Crippen LogP contribution in [0.3, 0.4) is 0 Å². The third kappa shape index (κ3) is 3.34. The van der Waals surface area contributed by atoms with E-state index in [-0.39, 0.29) is 6.04 Å². The Balaban J connectivity index is 1.63. The first-order valence-electron chi connectivity index (χ1n) is 6.75. The zero-order chi connectivity index (χ0) is 14.7. The van der Waals surface area contributed by atoms with Crippen molar-refractivity contribution in [2.24, 2.45) is 0 Å². The van der Waals surface area contributed by atoms with Gasteiger partial charge >= 0.3 is 0 Å². The summed E-state index contributed by atoms with van der Waals surface area (Å²) in [6, 6.07) is 9.92. The van der Waals surface area contributed by atoms with E-state index in [9.17, 15) is 0 Å². The predicted molar refractivity (Wildman–Crippen MR) is 81.8 cm³/mol. The molecule has 0 bridgehead atoms. The third-order valence-electron chi connectivity index (χ3n) is 3.05. The third-order valence-corrected chi connectivity index (χ3v) is 4.20. The minimum Gasteiger partial charge on any atom is -0.419 e. The highest BCUT2D eigenvalue weighted by molar-refractivity contribution is 7.09. The van der Waals surface area contributed by atoms with Gasteiger partial charge < -0.3 is 4.42 Å². The van der Waals surface area contributed by atoms with Gasteiger partial charge in [0.1, 0.15) is 5.01 Å². The molecule has 0 radical (unpaired) electrons. The van der Waals surface area contributed by atoms with Gasteiger partial charge in [-0.2, -0.15) is 0 Å². The summed E-state index contributed by atoms with van der Waals surface area (Å²) in [6.07, 6.45) is 0. The van der Waals surface area contributed by atoms with E-state index in [4.69, 9.17) is 4.42 Å². The molecule has 3 aromatic rings. The normalized spacial score (nSPS) is 12.5. The molecule has 6 heteroatoms. The van der Waals surface area contributed by atoms with Crippen molar-refractivity contribution in [2.75, 3.05) is 0 Å². The average Bonchev–Trinajstić information content (AvgIpc) is 3.15. The van der Waals surface area contributed by atoms with Crippen molar-refractivity contribution >= 4 is 11.3 Å². The van der Waals surface area contributed by atoms with Crippen LogP contribution < -0.4 is 5.32 Å². The highest BCUT2D eigenvalue weighted by atomic mass is 32.1. The number of aryl methyl sites for hydroxylation is 1. The first kappa shape index (κ1) is 13.9. The minimum atomic E-state index is 0.163. The molecule has 21 heavy (non-hydrogen) atoms. The van der Waals surface area contributed by atoms with Crippen LogP contribution in [0.4, 0.5) is 0 Å². The van der Waals surface area contributed by atoms with Crippen molar-refractivity contribution in [1.29, 1.82) is 0 Å². The van der Waals surface area contributed by atoms with Gasteiger partial charge in [-0.3, -0.25) is 5.32 Å². The standard InChI is InChI=1S/C15H16N4OS/c1-10-9-21-15(17-10)11(2)16-8-13-18-19-14(20-13)12-6-4-3-5-7-12/h3-7,9,11,16H,8H2,1-2H3. The van der Waals surface area contributed by atoms with Crippen molar-refractivity contribution in [1.82, 2.24) is 20.5 Å². The lowest BCUT2D eigenvalue weighted by molar-refractivity contribution is 0.453. The molecule has 1 unspecified atom stereocenters. The van der Waals surface area contributed by atoms with Gasteiger partial charge in [-0.1, -0.05) is 18.2 Å². The van der Waals surface area contributed by atoms with Crippen LogP contribution in [0.5, 0.6) is 0 Å². The zero-order valence-corrected chi connectivity index (χ0v) is 12.7. The quantitative estimate of drug-likeness (QED) is 0.783. The molecule has 2 heterocycles. The molecule has 0 aliphatic heterocycles. The fraction of sp³-hybridized carbons (Fsp3) is 0.267. The van der Waals surface area contributed by atoms with E-state index in [0.717, 1.165) is 16.3 Å². The van der Waals surface area contributed by atoms with Crippen LogP contribution in [0, 0.1) is 6.92 Å². The van der Waals surface area contributed by atoms with Crippen LogP contribution in [-0.2, 0) is 6.54 Å². The molecule has 1 atom stereocenters. The molecule has 108 valence electrons. The van der Waals surface area contributed by atoms with Crippen molar-refractivity contribution in [3.63, 3.8) is 0 Å². The number of hydrogen-bond donors (Lipinski definition) is 1. The van der Waals surface area contributed by atoms with Crippen molar-refractivity contribution in [3.8, 4) is 11.5 Å². The SMILES string of the molecule is Cc1csc(C(C)NCc2nnc(-c3ccccc3)o2)n1.